The summed E-state index contributed by atoms with van der Waals surface area (Å²) in [7, 11) is 0. The molecular weight excluding hydrogens is 401 g/mol. The van der Waals surface area contributed by atoms with Crippen molar-refractivity contribution in [3.05, 3.63) is 53.1 Å². The summed E-state index contributed by atoms with van der Waals surface area (Å²) in [5.74, 6) is -1.04. The molecule has 0 fully saturated rings. The SMILES string of the molecule is CC(C)CNC(=O)[C@H](C)NC(=O)c1cc2n(n1)CCCN(Cc1ccc(F)cc1)C2=O. The fourth-order valence-corrected chi connectivity index (χ4v) is 3.30. The lowest BCUT2D eigenvalue weighted by molar-refractivity contribution is -0.122. The van der Waals surface area contributed by atoms with E-state index >= 15 is 0 Å². The van der Waals surface area contributed by atoms with Gasteiger partial charge in [-0.15, -0.1) is 0 Å². The summed E-state index contributed by atoms with van der Waals surface area (Å²) in [5.41, 5.74) is 1.24. The molecule has 9 heteroatoms. The maximum absolute atomic E-state index is 13.1. The number of carbonyl (C=O) groups excluding carboxylic acids is 3. The van der Waals surface area contributed by atoms with Crippen LogP contribution in [0.25, 0.3) is 0 Å². The van der Waals surface area contributed by atoms with E-state index < -0.39 is 11.9 Å². The van der Waals surface area contributed by atoms with E-state index in [1.165, 1.54) is 22.9 Å². The Bertz CT molecular complexity index is 955. The van der Waals surface area contributed by atoms with Crippen LogP contribution in [0.2, 0.25) is 0 Å². The first-order valence-corrected chi connectivity index (χ1v) is 10.4. The second-order valence-electron chi connectivity index (χ2n) is 8.18. The smallest absolute Gasteiger partial charge is 0.272 e. The molecule has 0 saturated carbocycles. The lowest BCUT2D eigenvalue weighted by atomic mass is 10.2. The minimum atomic E-state index is -0.724. The van der Waals surface area contributed by atoms with Crippen molar-refractivity contribution >= 4 is 17.7 Å². The predicted octanol–water partition coefficient (Wildman–Crippen LogP) is 1.96. The highest BCUT2D eigenvalue weighted by Crippen LogP contribution is 2.17. The molecule has 1 aliphatic heterocycles. The second-order valence-corrected chi connectivity index (χ2v) is 8.18. The van der Waals surface area contributed by atoms with Crippen molar-refractivity contribution in [2.24, 2.45) is 5.92 Å². The Hall–Kier alpha value is -3.23. The van der Waals surface area contributed by atoms with Gasteiger partial charge in [0.25, 0.3) is 11.8 Å². The maximum Gasteiger partial charge on any atom is 0.272 e. The third kappa shape index (κ3) is 5.68. The first kappa shape index (κ1) is 22.5. The summed E-state index contributed by atoms with van der Waals surface area (Å²) in [5, 5.41) is 9.68. The van der Waals surface area contributed by atoms with Crippen LogP contribution in [0.15, 0.2) is 30.3 Å². The van der Waals surface area contributed by atoms with Crippen molar-refractivity contribution in [3.8, 4) is 0 Å². The summed E-state index contributed by atoms with van der Waals surface area (Å²) in [6, 6.07) is 6.76. The molecule has 1 atom stereocenters. The number of nitrogens with one attached hydrogen (secondary N) is 2. The second kappa shape index (κ2) is 9.72. The fourth-order valence-electron chi connectivity index (χ4n) is 3.30. The molecule has 1 aliphatic rings. The van der Waals surface area contributed by atoms with E-state index in [0.29, 0.717) is 44.2 Å². The minimum absolute atomic E-state index is 0.0930. The number of aryl methyl sites for hydroxylation is 1. The number of hydrogen-bond acceptors (Lipinski definition) is 4. The molecule has 1 aromatic carbocycles. The zero-order valence-electron chi connectivity index (χ0n) is 18.0. The molecule has 0 saturated heterocycles. The summed E-state index contributed by atoms with van der Waals surface area (Å²) in [4.78, 5) is 39.4. The van der Waals surface area contributed by atoms with E-state index in [9.17, 15) is 18.8 Å². The van der Waals surface area contributed by atoms with Gasteiger partial charge in [-0.1, -0.05) is 26.0 Å². The van der Waals surface area contributed by atoms with Crippen LogP contribution in [0.3, 0.4) is 0 Å². The average molecular weight is 429 g/mol. The number of nitrogens with zero attached hydrogens (tertiary/aromatic N) is 3. The number of aromatic nitrogens is 2. The van der Waals surface area contributed by atoms with Crippen LogP contribution in [0.1, 0.15) is 53.7 Å². The minimum Gasteiger partial charge on any atom is -0.354 e. The molecule has 2 N–H and O–H groups in total. The monoisotopic (exact) mass is 429 g/mol. The molecule has 1 aromatic heterocycles. The van der Waals surface area contributed by atoms with Crippen LogP contribution in [-0.4, -0.2) is 51.5 Å². The van der Waals surface area contributed by atoms with Crippen LogP contribution in [-0.2, 0) is 17.9 Å². The highest BCUT2D eigenvalue weighted by molar-refractivity contribution is 5.99. The molecule has 0 aliphatic carbocycles. The van der Waals surface area contributed by atoms with Gasteiger partial charge < -0.3 is 15.5 Å². The lowest BCUT2D eigenvalue weighted by Crippen LogP contribution is -2.45. The van der Waals surface area contributed by atoms with E-state index in [2.05, 4.69) is 15.7 Å². The number of amides is 3. The number of hydrogen-bond donors (Lipinski definition) is 2. The molecule has 166 valence electrons. The van der Waals surface area contributed by atoms with Gasteiger partial charge in [0, 0.05) is 32.2 Å². The number of fused-ring (bicyclic) bond motifs is 1. The van der Waals surface area contributed by atoms with Gasteiger partial charge >= 0.3 is 0 Å². The van der Waals surface area contributed by atoms with Crippen molar-refractivity contribution in [3.63, 3.8) is 0 Å². The summed E-state index contributed by atoms with van der Waals surface area (Å²) >= 11 is 0. The van der Waals surface area contributed by atoms with E-state index in [1.807, 2.05) is 13.8 Å². The molecule has 0 bridgehead atoms. The third-order valence-corrected chi connectivity index (χ3v) is 5.03. The van der Waals surface area contributed by atoms with Crippen LogP contribution < -0.4 is 10.6 Å². The van der Waals surface area contributed by atoms with Crippen LogP contribution in [0, 0.1) is 11.7 Å². The quantitative estimate of drug-likeness (QED) is 0.703. The van der Waals surface area contributed by atoms with Crippen LogP contribution in [0.4, 0.5) is 4.39 Å². The van der Waals surface area contributed by atoms with Gasteiger partial charge in [-0.05, 0) is 37.0 Å². The van der Waals surface area contributed by atoms with Crippen molar-refractivity contribution < 1.29 is 18.8 Å². The lowest BCUT2D eigenvalue weighted by Gasteiger charge is -2.20. The zero-order valence-corrected chi connectivity index (χ0v) is 18.0. The summed E-state index contributed by atoms with van der Waals surface area (Å²) in [6.45, 7) is 7.47. The normalized spacial score (nSPS) is 14.7. The van der Waals surface area contributed by atoms with E-state index in [1.54, 1.807) is 24.0 Å². The Morgan fingerprint density at radius 2 is 1.87 bits per heavy atom. The third-order valence-electron chi connectivity index (χ3n) is 5.03. The van der Waals surface area contributed by atoms with Gasteiger partial charge in [0.05, 0.1) is 0 Å². The van der Waals surface area contributed by atoms with Crippen LogP contribution >= 0.6 is 0 Å². The Kier molecular flexibility index (Phi) is 7.04. The molecule has 0 spiro atoms. The number of carbonyl (C=O) groups is 3. The molecule has 2 heterocycles. The van der Waals surface area contributed by atoms with Gasteiger partial charge in [-0.25, -0.2) is 4.39 Å². The Balaban J connectivity index is 1.68. The van der Waals surface area contributed by atoms with Gasteiger partial charge in [-0.2, -0.15) is 5.10 Å². The Morgan fingerprint density at radius 1 is 1.16 bits per heavy atom. The van der Waals surface area contributed by atoms with Crippen molar-refractivity contribution in [1.82, 2.24) is 25.3 Å². The molecule has 2 aromatic rings. The van der Waals surface area contributed by atoms with Gasteiger partial charge in [0.1, 0.15) is 17.6 Å². The molecule has 0 unspecified atom stereocenters. The van der Waals surface area contributed by atoms with Crippen molar-refractivity contribution in [2.75, 3.05) is 13.1 Å². The first-order valence-electron chi connectivity index (χ1n) is 10.4. The van der Waals surface area contributed by atoms with Crippen LogP contribution in [0.5, 0.6) is 0 Å². The predicted molar refractivity (Wildman–Crippen MR) is 113 cm³/mol. The average Bonchev–Trinajstić information content (AvgIpc) is 3.10. The number of rotatable bonds is 7. The van der Waals surface area contributed by atoms with Gasteiger partial charge in [0.2, 0.25) is 5.91 Å². The number of benzene rings is 1. The standard InChI is InChI=1S/C22H28FN5O3/c1-14(2)12-24-20(29)15(3)25-21(30)18-11-19-22(31)27(9-4-10-28(19)26-18)13-16-5-7-17(23)8-6-16/h5-8,11,14-15H,4,9-10,12-13H2,1-3H3,(H,24,29)(H,25,30)/t15-/m0/s1. The van der Waals surface area contributed by atoms with Gasteiger partial charge in [-0.3, -0.25) is 19.1 Å². The van der Waals surface area contributed by atoms with E-state index in [-0.39, 0.29) is 23.3 Å². The van der Waals surface area contributed by atoms with E-state index in [0.717, 1.165) is 5.56 Å². The molecular formula is C22H28FN5O3. The largest absolute Gasteiger partial charge is 0.354 e. The highest BCUT2D eigenvalue weighted by Gasteiger charge is 2.27. The molecule has 3 amide bonds. The van der Waals surface area contributed by atoms with Gasteiger partial charge in [0.15, 0.2) is 5.69 Å². The fraction of sp³-hybridized carbons (Fsp3) is 0.455. The highest BCUT2D eigenvalue weighted by atomic mass is 19.1. The molecule has 0 radical (unpaired) electrons. The number of halogens is 1. The van der Waals surface area contributed by atoms with E-state index in [4.69, 9.17) is 0 Å². The Labute approximate surface area is 180 Å². The van der Waals surface area contributed by atoms with Crippen molar-refractivity contribution in [2.45, 2.75) is 46.3 Å². The molecule has 3 rings (SSSR count). The topological polar surface area (TPSA) is 96.3 Å². The maximum atomic E-state index is 13.1. The van der Waals surface area contributed by atoms with Crippen molar-refractivity contribution in [1.29, 1.82) is 0 Å². The first-order chi connectivity index (χ1) is 14.7. The summed E-state index contributed by atoms with van der Waals surface area (Å²) < 4.78 is 14.7. The molecule has 31 heavy (non-hydrogen) atoms. The zero-order chi connectivity index (χ0) is 22.5. The molecule has 8 nitrogen and oxygen atoms in total. The summed E-state index contributed by atoms with van der Waals surface area (Å²) in [6.07, 6.45) is 0.677. The Morgan fingerprint density at radius 3 is 2.55 bits per heavy atom.